The van der Waals surface area contributed by atoms with Gasteiger partial charge in [0.15, 0.2) is 0 Å². The van der Waals surface area contributed by atoms with Crippen molar-refractivity contribution in [2.24, 2.45) is 0 Å². The number of thiazole rings is 1. The maximum absolute atomic E-state index is 11.7. The monoisotopic (exact) mass is 325 g/mol. The summed E-state index contributed by atoms with van der Waals surface area (Å²) in [6, 6.07) is 0.452. The van der Waals surface area contributed by atoms with Crippen molar-refractivity contribution in [1.82, 2.24) is 15.2 Å². The molecule has 124 valence electrons. The number of amides is 1. The van der Waals surface area contributed by atoms with Crippen LogP contribution in [0.25, 0.3) is 0 Å². The van der Waals surface area contributed by atoms with Crippen molar-refractivity contribution in [3.8, 4) is 0 Å². The van der Waals surface area contributed by atoms with E-state index in [9.17, 15) is 4.79 Å². The second-order valence-electron chi connectivity index (χ2n) is 6.72. The average Bonchev–Trinajstić information content (AvgIpc) is 2.95. The van der Waals surface area contributed by atoms with Crippen molar-refractivity contribution in [3.63, 3.8) is 0 Å². The molecule has 0 unspecified atom stereocenters. The number of nitrogens with one attached hydrogen (secondary N) is 1. The number of nitrogens with zero attached hydrogens (tertiary/aromatic N) is 2. The first-order valence-corrected chi connectivity index (χ1v) is 8.88. The summed E-state index contributed by atoms with van der Waals surface area (Å²) < 4.78 is 5.04. The number of ether oxygens (including phenoxy) is 1. The predicted molar refractivity (Wildman–Crippen MR) is 89.3 cm³/mol. The van der Waals surface area contributed by atoms with Gasteiger partial charge in [0.05, 0.1) is 12.3 Å². The summed E-state index contributed by atoms with van der Waals surface area (Å²) in [7, 11) is 0. The Kier molecular flexibility index (Phi) is 5.81. The quantitative estimate of drug-likeness (QED) is 0.924. The molecule has 1 aliphatic heterocycles. The third-order valence-corrected chi connectivity index (χ3v) is 4.73. The smallest absolute Gasteiger partial charge is 0.409 e. The third-order valence-electron chi connectivity index (χ3n) is 3.88. The molecule has 0 bridgehead atoms. The Balaban J connectivity index is 1.75. The van der Waals surface area contributed by atoms with Crippen LogP contribution in [0.15, 0.2) is 5.38 Å². The minimum atomic E-state index is -0.185. The van der Waals surface area contributed by atoms with Crippen LogP contribution in [0.5, 0.6) is 0 Å². The second-order valence-corrected chi connectivity index (χ2v) is 7.66. The Labute approximate surface area is 137 Å². The van der Waals surface area contributed by atoms with E-state index in [-0.39, 0.29) is 11.5 Å². The highest BCUT2D eigenvalue weighted by Crippen LogP contribution is 2.24. The van der Waals surface area contributed by atoms with Gasteiger partial charge in [-0.2, -0.15) is 0 Å². The molecule has 22 heavy (non-hydrogen) atoms. The lowest BCUT2D eigenvalue weighted by Crippen LogP contribution is -2.44. The van der Waals surface area contributed by atoms with Crippen LogP contribution in [0.1, 0.15) is 51.2 Å². The van der Waals surface area contributed by atoms with Crippen LogP contribution in [0.2, 0.25) is 0 Å². The van der Waals surface area contributed by atoms with E-state index >= 15 is 0 Å². The van der Waals surface area contributed by atoms with Gasteiger partial charge in [-0.15, -0.1) is 11.3 Å². The van der Waals surface area contributed by atoms with Crippen molar-refractivity contribution >= 4 is 17.4 Å². The SMILES string of the molecule is CCOC(=O)N1CCC(NCc2nc(C(C)(C)C)cs2)CC1. The highest BCUT2D eigenvalue weighted by atomic mass is 32.1. The molecule has 1 aromatic rings. The molecule has 5 nitrogen and oxygen atoms in total. The van der Waals surface area contributed by atoms with E-state index < -0.39 is 0 Å². The first-order chi connectivity index (χ1) is 10.4. The van der Waals surface area contributed by atoms with Crippen LogP contribution in [0, 0.1) is 0 Å². The summed E-state index contributed by atoms with van der Waals surface area (Å²) in [6.07, 6.45) is 1.75. The lowest BCUT2D eigenvalue weighted by Gasteiger charge is -2.31. The van der Waals surface area contributed by atoms with Gasteiger partial charge in [-0.3, -0.25) is 0 Å². The largest absolute Gasteiger partial charge is 0.450 e. The van der Waals surface area contributed by atoms with E-state index in [1.165, 1.54) is 0 Å². The lowest BCUT2D eigenvalue weighted by atomic mass is 9.93. The van der Waals surface area contributed by atoms with E-state index in [0.29, 0.717) is 12.6 Å². The van der Waals surface area contributed by atoms with Crippen LogP contribution in [0.3, 0.4) is 0 Å². The molecule has 2 heterocycles. The molecule has 1 aliphatic rings. The third kappa shape index (κ3) is 4.68. The van der Waals surface area contributed by atoms with Crippen LogP contribution in [0.4, 0.5) is 4.79 Å². The van der Waals surface area contributed by atoms with Gasteiger partial charge in [0.2, 0.25) is 0 Å². The van der Waals surface area contributed by atoms with Gasteiger partial charge in [-0.25, -0.2) is 9.78 Å². The first-order valence-electron chi connectivity index (χ1n) is 8.00. The number of aromatic nitrogens is 1. The molecule has 0 radical (unpaired) electrons. The van der Waals surface area contributed by atoms with E-state index in [2.05, 4.69) is 31.5 Å². The minimum Gasteiger partial charge on any atom is -0.450 e. The first kappa shape index (κ1) is 17.2. The molecule has 1 aromatic heterocycles. The number of rotatable bonds is 4. The fraction of sp³-hybridized carbons (Fsp3) is 0.750. The highest BCUT2D eigenvalue weighted by molar-refractivity contribution is 7.09. The zero-order valence-corrected chi connectivity index (χ0v) is 14.8. The van der Waals surface area contributed by atoms with E-state index in [1.807, 2.05) is 6.92 Å². The summed E-state index contributed by atoms with van der Waals surface area (Å²) in [5.74, 6) is 0. The number of carbonyl (C=O) groups is 1. The Hall–Kier alpha value is -1.14. The molecule has 1 N–H and O–H groups in total. The minimum absolute atomic E-state index is 0.111. The van der Waals surface area contributed by atoms with Gasteiger partial charge in [-0.1, -0.05) is 20.8 Å². The number of hydrogen-bond donors (Lipinski definition) is 1. The Bertz CT molecular complexity index is 488. The topological polar surface area (TPSA) is 54.5 Å². The van der Waals surface area contributed by atoms with Crippen molar-refractivity contribution in [3.05, 3.63) is 16.1 Å². The second kappa shape index (κ2) is 7.42. The molecule has 1 fully saturated rings. The number of piperidine rings is 1. The molecule has 1 saturated heterocycles. The zero-order valence-electron chi connectivity index (χ0n) is 14.0. The molecule has 0 aliphatic carbocycles. The van der Waals surface area contributed by atoms with Crippen LogP contribution >= 0.6 is 11.3 Å². The molecular weight excluding hydrogens is 298 g/mol. The van der Waals surface area contributed by atoms with Crippen LogP contribution in [-0.2, 0) is 16.7 Å². The number of likely N-dealkylation sites (tertiary alicyclic amines) is 1. The summed E-state index contributed by atoms with van der Waals surface area (Å²) in [6.45, 7) is 11.2. The van der Waals surface area contributed by atoms with Crippen molar-refractivity contribution in [1.29, 1.82) is 0 Å². The molecule has 0 saturated carbocycles. The molecule has 1 amide bonds. The zero-order chi connectivity index (χ0) is 16.2. The van der Waals surface area contributed by atoms with Crippen molar-refractivity contribution in [2.75, 3.05) is 19.7 Å². The standard InChI is InChI=1S/C16H27N3O2S/c1-5-21-15(20)19-8-6-12(7-9-19)17-10-14-18-13(11-22-14)16(2,3)4/h11-12,17H,5-10H2,1-4H3. The van der Waals surface area contributed by atoms with Crippen molar-refractivity contribution < 1.29 is 9.53 Å². The van der Waals surface area contributed by atoms with Crippen molar-refractivity contribution in [2.45, 2.75) is 58.5 Å². The summed E-state index contributed by atoms with van der Waals surface area (Å²) in [5.41, 5.74) is 1.27. The Morgan fingerprint density at radius 3 is 2.68 bits per heavy atom. The fourth-order valence-corrected chi connectivity index (χ4v) is 3.42. The maximum Gasteiger partial charge on any atom is 0.409 e. The van der Waals surface area contributed by atoms with Gasteiger partial charge in [0.1, 0.15) is 5.01 Å². The fourth-order valence-electron chi connectivity index (χ4n) is 2.45. The number of hydrogen-bond acceptors (Lipinski definition) is 5. The summed E-state index contributed by atoms with van der Waals surface area (Å²) in [5, 5.41) is 6.85. The van der Waals surface area contributed by atoms with Gasteiger partial charge in [-0.05, 0) is 19.8 Å². The van der Waals surface area contributed by atoms with Gasteiger partial charge < -0.3 is 15.0 Å². The predicted octanol–water partition coefficient (Wildman–Crippen LogP) is 3.15. The van der Waals surface area contributed by atoms with Gasteiger partial charge in [0, 0.05) is 36.5 Å². The summed E-state index contributed by atoms with van der Waals surface area (Å²) >= 11 is 1.72. The van der Waals surface area contributed by atoms with Gasteiger partial charge in [0.25, 0.3) is 0 Å². The van der Waals surface area contributed by atoms with E-state index in [1.54, 1.807) is 16.2 Å². The number of carbonyl (C=O) groups excluding carboxylic acids is 1. The maximum atomic E-state index is 11.7. The molecule has 0 spiro atoms. The molecular formula is C16H27N3O2S. The normalized spacial score (nSPS) is 16.8. The summed E-state index contributed by atoms with van der Waals surface area (Å²) in [4.78, 5) is 18.2. The molecule has 6 heteroatoms. The highest BCUT2D eigenvalue weighted by Gasteiger charge is 2.23. The van der Waals surface area contributed by atoms with E-state index in [0.717, 1.165) is 43.2 Å². The Morgan fingerprint density at radius 2 is 2.14 bits per heavy atom. The van der Waals surface area contributed by atoms with E-state index in [4.69, 9.17) is 9.72 Å². The Morgan fingerprint density at radius 1 is 1.45 bits per heavy atom. The molecule has 2 rings (SSSR count). The lowest BCUT2D eigenvalue weighted by molar-refractivity contribution is 0.0950. The van der Waals surface area contributed by atoms with Crippen LogP contribution < -0.4 is 5.32 Å². The van der Waals surface area contributed by atoms with Gasteiger partial charge >= 0.3 is 6.09 Å². The van der Waals surface area contributed by atoms with Crippen LogP contribution in [-0.4, -0.2) is 41.7 Å². The molecule has 0 atom stereocenters. The molecule has 0 aromatic carbocycles. The average molecular weight is 325 g/mol.